The number of carbonyl (C=O) groups is 1. The summed E-state index contributed by atoms with van der Waals surface area (Å²) in [5.74, 6) is -1.19. The van der Waals surface area contributed by atoms with Gasteiger partial charge in [-0.05, 0) is 41.1 Å². The Bertz CT molecular complexity index is 376. The summed E-state index contributed by atoms with van der Waals surface area (Å²) in [6.07, 6.45) is 0. The zero-order chi connectivity index (χ0) is 10.2. The average molecular weight is 312 g/mol. The number of halogens is 2. The molecule has 1 aromatic carbocycles. The van der Waals surface area contributed by atoms with E-state index in [0.717, 1.165) is 6.07 Å². The second kappa shape index (κ2) is 3.71. The molecule has 0 bridgehead atoms. The normalized spacial score (nSPS) is 10.1. The Morgan fingerprint density at radius 2 is 2.15 bits per heavy atom. The second-order valence-corrected chi connectivity index (χ2v) is 3.96. The van der Waals surface area contributed by atoms with Crippen molar-refractivity contribution in [3.8, 4) is 5.75 Å². The van der Waals surface area contributed by atoms with Gasteiger partial charge in [0.05, 0.1) is 14.2 Å². The van der Waals surface area contributed by atoms with Gasteiger partial charge < -0.3 is 10.2 Å². The summed E-state index contributed by atoms with van der Waals surface area (Å²) >= 11 is 7.68. The minimum Gasteiger partial charge on any atom is -0.507 e. The Morgan fingerprint density at radius 3 is 2.62 bits per heavy atom. The Kier molecular flexibility index (Phi) is 3.02. The number of aromatic hydroxyl groups is 1. The van der Waals surface area contributed by atoms with Crippen LogP contribution in [0.2, 0.25) is 5.02 Å². The molecule has 0 unspecified atom stereocenters. The van der Waals surface area contributed by atoms with Crippen LogP contribution in [-0.4, -0.2) is 16.2 Å². The summed E-state index contributed by atoms with van der Waals surface area (Å²) in [6.45, 7) is 1.66. The Labute approximate surface area is 93.5 Å². The molecule has 0 saturated carbocycles. The van der Waals surface area contributed by atoms with E-state index >= 15 is 0 Å². The van der Waals surface area contributed by atoms with Gasteiger partial charge in [-0.3, -0.25) is 0 Å². The van der Waals surface area contributed by atoms with Crippen LogP contribution in [0.25, 0.3) is 0 Å². The topological polar surface area (TPSA) is 57.5 Å². The van der Waals surface area contributed by atoms with Crippen molar-refractivity contribution in [3.05, 3.63) is 25.8 Å². The number of hydrogen-bond acceptors (Lipinski definition) is 2. The van der Waals surface area contributed by atoms with Gasteiger partial charge in [-0.2, -0.15) is 0 Å². The number of aromatic carboxylic acids is 1. The largest absolute Gasteiger partial charge is 0.507 e. The van der Waals surface area contributed by atoms with Crippen molar-refractivity contribution in [2.45, 2.75) is 6.92 Å². The van der Waals surface area contributed by atoms with E-state index in [4.69, 9.17) is 16.7 Å². The van der Waals surface area contributed by atoms with Gasteiger partial charge in [0, 0.05) is 0 Å². The summed E-state index contributed by atoms with van der Waals surface area (Å²) in [5, 5.41) is 18.2. The standard InChI is InChI=1S/C8H6ClIO3/c1-3-6(9)4(8(12)13)2-5(11)7(3)10/h2,11H,1H3,(H,12,13). The van der Waals surface area contributed by atoms with Gasteiger partial charge in [0.15, 0.2) is 0 Å². The van der Waals surface area contributed by atoms with Crippen molar-refractivity contribution in [2.75, 3.05) is 0 Å². The van der Waals surface area contributed by atoms with E-state index in [1.54, 1.807) is 6.92 Å². The van der Waals surface area contributed by atoms with E-state index in [-0.39, 0.29) is 16.3 Å². The Hall–Kier alpha value is -0.490. The molecule has 0 aromatic heterocycles. The van der Waals surface area contributed by atoms with Crippen LogP contribution in [-0.2, 0) is 0 Å². The van der Waals surface area contributed by atoms with Crippen LogP contribution in [0, 0.1) is 10.5 Å². The van der Waals surface area contributed by atoms with Gasteiger partial charge in [-0.15, -0.1) is 0 Å². The van der Waals surface area contributed by atoms with Crippen molar-refractivity contribution in [3.63, 3.8) is 0 Å². The lowest BCUT2D eigenvalue weighted by Gasteiger charge is -2.06. The van der Waals surface area contributed by atoms with E-state index in [9.17, 15) is 9.90 Å². The predicted octanol–water partition coefficient (Wildman–Crippen LogP) is 2.66. The van der Waals surface area contributed by atoms with Crippen molar-refractivity contribution in [2.24, 2.45) is 0 Å². The summed E-state index contributed by atoms with van der Waals surface area (Å²) < 4.78 is 0.576. The minimum atomic E-state index is -1.14. The predicted molar refractivity (Wildman–Crippen MR) is 57.5 cm³/mol. The molecule has 0 fully saturated rings. The highest BCUT2D eigenvalue weighted by atomic mass is 127. The fourth-order valence-corrected chi connectivity index (χ4v) is 1.72. The Balaban J connectivity index is 3.50. The van der Waals surface area contributed by atoms with E-state index in [2.05, 4.69) is 0 Å². The van der Waals surface area contributed by atoms with E-state index in [0.29, 0.717) is 9.13 Å². The lowest BCUT2D eigenvalue weighted by Crippen LogP contribution is -2.00. The molecule has 2 N–H and O–H groups in total. The first-order valence-corrected chi connectivity index (χ1v) is 4.81. The van der Waals surface area contributed by atoms with Crippen LogP contribution in [0.1, 0.15) is 15.9 Å². The molecule has 0 amide bonds. The minimum absolute atomic E-state index is 0.0556. The number of phenols is 1. The molecule has 0 atom stereocenters. The van der Waals surface area contributed by atoms with Crippen molar-refractivity contribution < 1.29 is 15.0 Å². The third kappa shape index (κ3) is 1.88. The number of phenolic OH excluding ortho intramolecular Hbond substituents is 1. The molecule has 1 aromatic rings. The van der Waals surface area contributed by atoms with Crippen LogP contribution in [0.15, 0.2) is 6.07 Å². The molecule has 0 radical (unpaired) electrons. The highest BCUT2D eigenvalue weighted by Gasteiger charge is 2.15. The molecule has 1 rings (SSSR count). The molecule has 70 valence electrons. The van der Waals surface area contributed by atoms with Gasteiger partial charge in [0.1, 0.15) is 5.75 Å². The molecule has 0 heterocycles. The zero-order valence-corrected chi connectivity index (χ0v) is 9.55. The Morgan fingerprint density at radius 1 is 1.62 bits per heavy atom. The third-order valence-electron chi connectivity index (χ3n) is 1.63. The maximum absolute atomic E-state index is 10.6. The molecule has 0 aliphatic rings. The van der Waals surface area contributed by atoms with Crippen molar-refractivity contribution in [1.29, 1.82) is 0 Å². The molecule has 0 aliphatic carbocycles. The summed E-state index contributed by atoms with van der Waals surface area (Å²) in [4.78, 5) is 10.6. The first-order chi connectivity index (χ1) is 5.95. The van der Waals surface area contributed by atoms with Gasteiger partial charge in [-0.25, -0.2) is 4.79 Å². The van der Waals surface area contributed by atoms with Gasteiger partial charge >= 0.3 is 5.97 Å². The summed E-state index contributed by atoms with van der Waals surface area (Å²) in [5.41, 5.74) is 0.511. The first-order valence-electron chi connectivity index (χ1n) is 3.36. The molecule has 0 saturated heterocycles. The first kappa shape index (κ1) is 10.6. The third-order valence-corrected chi connectivity index (χ3v) is 3.48. The lowest BCUT2D eigenvalue weighted by atomic mass is 10.1. The van der Waals surface area contributed by atoms with Crippen molar-refractivity contribution in [1.82, 2.24) is 0 Å². The molecule has 13 heavy (non-hydrogen) atoms. The number of carboxylic acid groups (broad SMARTS) is 1. The zero-order valence-electron chi connectivity index (χ0n) is 6.64. The summed E-state index contributed by atoms with van der Waals surface area (Å²) in [6, 6.07) is 1.15. The number of hydrogen-bond donors (Lipinski definition) is 2. The molecule has 3 nitrogen and oxygen atoms in total. The number of carboxylic acids is 1. The number of rotatable bonds is 1. The number of benzene rings is 1. The lowest BCUT2D eigenvalue weighted by molar-refractivity contribution is 0.0696. The second-order valence-electron chi connectivity index (χ2n) is 2.50. The molecule has 0 aliphatic heterocycles. The van der Waals surface area contributed by atoms with Gasteiger partial charge in [0.25, 0.3) is 0 Å². The van der Waals surface area contributed by atoms with Crippen LogP contribution in [0.4, 0.5) is 0 Å². The molecule has 0 spiro atoms. The maximum Gasteiger partial charge on any atom is 0.337 e. The average Bonchev–Trinajstić information content (AvgIpc) is 2.07. The van der Waals surface area contributed by atoms with Gasteiger partial charge in [-0.1, -0.05) is 11.6 Å². The van der Waals surface area contributed by atoms with Crippen LogP contribution >= 0.6 is 34.2 Å². The van der Waals surface area contributed by atoms with Crippen LogP contribution in [0.3, 0.4) is 0 Å². The quantitative estimate of drug-likeness (QED) is 0.784. The summed E-state index contributed by atoms with van der Waals surface area (Å²) in [7, 11) is 0. The fourth-order valence-electron chi connectivity index (χ4n) is 0.910. The SMILES string of the molecule is Cc1c(Cl)c(C(=O)O)cc(O)c1I. The fraction of sp³-hybridized carbons (Fsp3) is 0.125. The molecular formula is C8H6ClIO3. The highest BCUT2D eigenvalue weighted by molar-refractivity contribution is 14.1. The van der Waals surface area contributed by atoms with Gasteiger partial charge in [0.2, 0.25) is 0 Å². The highest BCUT2D eigenvalue weighted by Crippen LogP contribution is 2.32. The van der Waals surface area contributed by atoms with Crippen molar-refractivity contribution >= 4 is 40.2 Å². The van der Waals surface area contributed by atoms with E-state index in [1.165, 1.54) is 0 Å². The molecule has 5 heteroatoms. The van der Waals surface area contributed by atoms with Crippen LogP contribution in [0.5, 0.6) is 5.75 Å². The maximum atomic E-state index is 10.6. The monoisotopic (exact) mass is 312 g/mol. The smallest absolute Gasteiger partial charge is 0.337 e. The van der Waals surface area contributed by atoms with Crippen LogP contribution < -0.4 is 0 Å². The molecular weight excluding hydrogens is 306 g/mol. The van der Waals surface area contributed by atoms with E-state index < -0.39 is 5.97 Å². The van der Waals surface area contributed by atoms with E-state index in [1.807, 2.05) is 22.6 Å².